The predicted octanol–water partition coefficient (Wildman–Crippen LogP) is 4.21. The third kappa shape index (κ3) is 3.41. The molecule has 0 bridgehead atoms. The Balaban J connectivity index is 1.69. The van der Waals surface area contributed by atoms with E-state index >= 15 is 0 Å². The molecule has 3 aromatic rings. The molecule has 2 atom stereocenters. The molecule has 4 nitrogen and oxygen atoms in total. The number of hydrogen-bond acceptors (Lipinski definition) is 4. The van der Waals surface area contributed by atoms with Gasteiger partial charge in [-0.3, -0.25) is 10.1 Å². The summed E-state index contributed by atoms with van der Waals surface area (Å²) in [6.07, 6.45) is 0. The van der Waals surface area contributed by atoms with Crippen molar-refractivity contribution in [2.45, 2.75) is 17.2 Å². The molecular formula is C21H19NO3S. The Morgan fingerprint density at radius 2 is 1.85 bits per heavy atom. The summed E-state index contributed by atoms with van der Waals surface area (Å²) in [5.41, 5.74) is 2.12. The summed E-state index contributed by atoms with van der Waals surface area (Å²) in [6, 6.07) is 22.2. The maximum atomic E-state index is 11.3. The van der Waals surface area contributed by atoms with Crippen molar-refractivity contribution in [1.82, 2.24) is 5.32 Å². The maximum absolute atomic E-state index is 11.3. The number of fused-ring (bicyclic) bond motifs is 1. The first kappa shape index (κ1) is 16.9. The molecule has 0 spiro atoms. The van der Waals surface area contributed by atoms with Gasteiger partial charge in [-0.15, -0.1) is 11.8 Å². The number of hydrogen-bond donors (Lipinski definition) is 2. The second-order valence-corrected chi connectivity index (χ2v) is 7.54. The zero-order chi connectivity index (χ0) is 17.9. The molecule has 0 unspecified atom stereocenters. The van der Waals surface area contributed by atoms with Gasteiger partial charge >= 0.3 is 5.97 Å². The lowest BCUT2D eigenvalue weighted by Gasteiger charge is -2.19. The van der Waals surface area contributed by atoms with E-state index < -0.39 is 11.2 Å². The Morgan fingerprint density at radius 1 is 1.08 bits per heavy atom. The quantitative estimate of drug-likeness (QED) is 0.709. The number of ether oxygens (including phenoxy) is 1. The molecular weight excluding hydrogens is 346 g/mol. The monoisotopic (exact) mass is 365 g/mol. The zero-order valence-electron chi connectivity index (χ0n) is 14.1. The van der Waals surface area contributed by atoms with Crippen molar-refractivity contribution in [2.24, 2.45) is 0 Å². The van der Waals surface area contributed by atoms with Gasteiger partial charge in [-0.1, -0.05) is 60.7 Å². The van der Waals surface area contributed by atoms with Crippen molar-refractivity contribution in [1.29, 1.82) is 0 Å². The van der Waals surface area contributed by atoms with Crippen LogP contribution >= 0.6 is 11.8 Å². The first-order valence-corrected chi connectivity index (χ1v) is 9.46. The Hall–Kier alpha value is -2.50. The predicted molar refractivity (Wildman–Crippen MR) is 104 cm³/mol. The minimum absolute atomic E-state index is 0.104. The van der Waals surface area contributed by atoms with E-state index in [0.29, 0.717) is 13.2 Å². The lowest BCUT2D eigenvalue weighted by Crippen LogP contribution is -2.21. The van der Waals surface area contributed by atoms with Crippen LogP contribution in [-0.2, 0) is 11.4 Å². The van der Waals surface area contributed by atoms with Crippen LogP contribution in [0.25, 0.3) is 10.8 Å². The highest BCUT2D eigenvalue weighted by Gasteiger charge is 2.33. The summed E-state index contributed by atoms with van der Waals surface area (Å²) in [6.45, 7) is 0.929. The first-order valence-electron chi connectivity index (χ1n) is 8.52. The van der Waals surface area contributed by atoms with E-state index in [1.165, 1.54) is 11.8 Å². The summed E-state index contributed by atoms with van der Waals surface area (Å²) in [4.78, 5) is 11.3. The van der Waals surface area contributed by atoms with E-state index in [9.17, 15) is 9.90 Å². The van der Waals surface area contributed by atoms with Gasteiger partial charge in [0.15, 0.2) is 0 Å². The molecule has 0 aliphatic carbocycles. The highest BCUT2D eigenvalue weighted by molar-refractivity contribution is 8.01. The molecule has 2 N–H and O–H groups in total. The van der Waals surface area contributed by atoms with Crippen LogP contribution in [0.1, 0.15) is 16.5 Å². The van der Waals surface area contributed by atoms with E-state index in [4.69, 9.17) is 4.74 Å². The summed E-state index contributed by atoms with van der Waals surface area (Å²) in [5, 5.41) is 14.3. The SMILES string of the molecule is O=C(O)[C@@H]1CN[C@@H](c2c(OCc3ccccc3)ccc3ccccc23)S1. The normalized spacial score (nSPS) is 19.5. The Morgan fingerprint density at radius 3 is 2.62 bits per heavy atom. The van der Waals surface area contributed by atoms with Gasteiger partial charge in [-0.05, 0) is 22.4 Å². The Bertz CT molecular complexity index is 929. The van der Waals surface area contributed by atoms with Crippen LogP contribution in [0, 0.1) is 0 Å². The molecule has 0 radical (unpaired) electrons. The smallest absolute Gasteiger partial charge is 0.318 e. The molecule has 1 aliphatic heterocycles. The number of carboxylic acid groups (broad SMARTS) is 1. The van der Waals surface area contributed by atoms with E-state index in [1.807, 2.05) is 54.6 Å². The molecule has 4 rings (SSSR count). The maximum Gasteiger partial charge on any atom is 0.318 e. The molecule has 1 saturated heterocycles. The van der Waals surface area contributed by atoms with Crippen LogP contribution < -0.4 is 10.1 Å². The molecule has 0 aromatic heterocycles. The lowest BCUT2D eigenvalue weighted by atomic mass is 10.0. The number of carboxylic acids is 1. The second kappa shape index (κ2) is 7.40. The van der Waals surface area contributed by atoms with Crippen LogP contribution in [-0.4, -0.2) is 22.9 Å². The molecule has 132 valence electrons. The van der Waals surface area contributed by atoms with Crippen LogP contribution in [0.4, 0.5) is 0 Å². The summed E-state index contributed by atoms with van der Waals surface area (Å²) in [7, 11) is 0. The number of carbonyl (C=O) groups is 1. The van der Waals surface area contributed by atoms with Crippen LogP contribution in [0.3, 0.4) is 0 Å². The lowest BCUT2D eigenvalue weighted by molar-refractivity contribution is -0.136. The molecule has 1 fully saturated rings. The van der Waals surface area contributed by atoms with Gasteiger partial charge in [-0.25, -0.2) is 0 Å². The highest BCUT2D eigenvalue weighted by atomic mass is 32.2. The summed E-state index contributed by atoms with van der Waals surface area (Å²) < 4.78 is 6.14. The average molecular weight is 365 g/mol. The number of rotatable bonds is 5. The molecule has 26 heavy (non-hydrogen) atoms. The fraction of sp³-hybridized carbons (Fsp3) is 0.190. The van der Waals surface area contributed by atoms with Crippen LogP contribution in [0.15, 0.2) is 66.7 Å². The van der Waals surface area contributed by atoms with Crippen molar-refractivity contribution in [2.75, 3.05) is 6.54 Å². The third-order valence-electron chi connectivity index (χ3n) is 4.49. The number of aliphatic carboxylic acids is 1. The number of nitrogens with one attached hydrogen (secondary N) is 1. The van der Waals surface area contributed by atoms with Crippen molar-refractivity contribution in [3.63, 3.8) is 0 Å². The average Bonchev–Trinajstić information content (AvgIpc) is 3.17. The summed E-state index contributed by atoms with van der Waals surface area (Å²) >= 11 is 1.43. The largest absolute Gasteiger partial charge is 0.489 e. The van der Waals surface area contributed by atoms with Gasteiger partial charge in [0, 0.05) is 12.1 Å². The molecule has 3 aromatic carbocycles. The Kier molecular flexibility index (Phi) is 4.82. The molecule has 5 heteroatoms. The zero-order valence-corrected chi connectivity index (χ0v) is 14.9. The van der Waals surface area contributed by atoms with E-state index in [0.717, 1.165) is 27.6 Å². The fourth-order valence-electron chi connectivity index (χ4n) is 3.20. The minimum atomic E-state index is -0.781. The fourth-order valence-corrected chi connectivity index (χ4v) is 4.41. The van der Waals surface area contributed by atoms with E-state index in [2.05, 4.69) is 17.4 Å². The molecule has 1 aliphatic rings. The van der Waals surface area contributed by atoms with E-state index in [-0.39, 0.29) is 5.37 Å². The standard InChI is InChI=1S/C21H19NO3S/c23-21(24)18-12-22-20(26-18)19-16-9-5-4-8-15(16)10-11-17(19)25-13-14-6-2-1-3-7-14/h1-11,18,20,22H,12-13H2,(H,23,24)/t18-,20+/m0/s1. The number of thioether (sulfide) groups is 1. The van der Waals surface area contributed by atoms with E-state index in [1.54, 1.807) is 0 Å². The van der Waals surface area contributed by atoms with Crippen molar-refractivity contribution < 1.29 is 14.6 Å². The molecule has 0 saturated carbocycles. The van der Waals surface area contributed by atoms with Gasteiger partial charge in [-0.2, -0.15) is 0 Å². The van der Waals surface area contributed by atoms with Gasteiger partial charge in [0.1, 0.15) is 17.6 Å². The second-order valence-electron chi connectivity index (χ2n) is 6.22. The van der Waals surface area contributed by atoms with Crippen LogP contribution in [0.2, 0.25) is 0 Å². The minimum Gasteiger partial charge on any atom is -0.489 e. The Labute approximate surface area is 156 Å². The van der Waals surface area contributed by atoms with Crippen molar-refractivity contribution >= 4 is 28.5 Å². The summed E-state index contributed by atoms with van der Waals surface area (Å²) in [5.74, 6) is 0.0144. The highest BCUT2D eigenvalue weighted by Crippen LogP contribution is 2.43. The van der Waals surface area contributed by atoms with Gasteiger partial charge in [0.05, 0.1) is 5.37 Å². The van der Waals surface area contributed by atoms with Gasteiger partial charge in [0.2, 0.25) is 0 Å². The van der Waals surface area contributed by atoms with Crippen LogP contribution in [0.5, 0.6) is 5.75 Å². The third-order valence-corrected chi connectivity index (χ3v) is 5.87. The van der Waals surface area contributed by atoms with Crippen molar-refractivity contribution in [3.8, 4) is 5.75 Å². The van der Waals surface area contributed by atoms with Gasteiger partial charge < -0.3 is 9.84 Å². The first-order chi connectivity index (χ1) is 12.7. The van der Waals surface area contributed by atoms with Gasteiger partial charge in [0.25, 0.3) is 0 Å². The topological polar surface area (TPSA) is 58.6 Å². The van der Waals surface area contributed by atoms with Crippen molar-refractivity contribution in [3.05, 3.63) is 77.9 Å². The molecule has 0 amide bonds. The molecule has 1 heterocycles. The number of benzene rings is 3.